The number of hydrogen-bond donors (Lipinski definition) is 3. The van der Waals surface area contributed by atoms with Gasteiger partial charge in [-0.2, -0.15) is 0 Å². The van der Waals surface area contributed by atoms with Crippen molar-refractivity contribution in [2.75, 3.05) is 6.54 Å². The third-order valence-electron chi connectivity index (χ3n) is 3.51. The Morgan fingerprint density at radius 3 is 2.45 bits per heavy atom. The van der Waals surface area contributed by atoms with E-state index in [2.05, 4.69) is 18.0 Å². The number of nitrogens with zero attached hydrogens (tertiary/aromatic N) is 1. The summed E-state index contributed by atoms with van der Waals surface area (Å²) < 4.78 is 0. The van der Waals surface area contributed by atoms with Crippen LogP contribution in [-0.2, 0) is 4.79 Å². The van der Waals surface area contributed by atoms with Gasteiger partial charge in [0.25, 0.3) is 0 Å². The Kier molecular flexibility index (Phi) is 13.7. The predicted octanol–water partition coefficient (Wildman–Crippen LogP) is 3.23. The van der Waals surface area contributed by atoms with Crippen LogP contribution in [0.15, 0.2) is 17.1 Å². The van der Waals surface area contributed by atoms with Crippen molar-refractivity contribution in [3.8, 4) is 0 Å². The van der Waals surface area contributed by atoms with E-state index in [-0.39, 0.29) is 0 Å². The Hall–Kier alpha value is -1.36. The zero-order chi connectivity index (χ0) is 16.6. The van der Waals surface area contributed by atoms with Crippen LogP contribution in [-0.4, -0.2) is 29.5 Å². The van der Waals surface area contributed by atoms with Crippen LogP contribution in [0.4, 0.5) is 0 Å². The second-order valence-electron chi connectivity index (χ2n) is 5.64. The monoisotopic (exact) mass is 311 g/mol. The van der Waals surface area contributed by atoms with E-state index in [1.54, 1.807) is 0 Å². The van der Waals surface area contributed by atoms with Crippen LogP contribution in [0.25, 0.3) is 0 Å². The Morgan fingerprint density at radius 1 is 1.14 bits per heavy atom. The van der Waals surface area contributed by atoms with Crippen LogP contribution in [0.5, 0.6) is 0 Å². The average Bonchev–Trinajstić information content (AvgIpc) is 2.49. The molecule has 0 aromatic carbocycles. The van der Waals surface area contributed by atoms with Crippen molar-refractivity contribution in [1.82, 2.24) is 0 Å². The maximum Gasteiger partial charge on any atom is 0.328 e. The number of carbonyl (C=O) groups is 1. The number of unbranched alkanes of at least 4 members (excludes halogenated alkanes) is 6. The summed E-state index contributed by atoms with van der Waals surface area (Å²) >= 11 is 0. The van der Waals surface area contributed by atoms with E-state index in [1.807, 2.05) is 6.08 Å². The first-order chi connectivity index (χ1) is 10.6. The summed E-state index contributed by atoms with van der Waals surface area (Å²) in [6.07, 6.45) is 14.5. The van der Waals surface area contributed by atoms with Crippen LogP contribution >= 0.6 is 0 Å². The molecule has 5 heteroatoms. The first-order valence-corrected chi connectivity index (χ1v) is 8.51. The van der Waals surface area contributed by atoms with Crippen molar-refractivity contribution >= 4 is 11.8 Å². The highest BCUT2D eigenvalue weighted by atomic mass is 16.4. The number of hydrogen-bond acceptors (Lipinski definition) is 3. The molecule has 22 heavy (non-hydrogen) atoms. The average molecular weight is 311 g/mol. The minimum Gasteiger partial charge on any atom is -0.480 e. The van der Waals surface area contributed by atoms with E-state index in [1.165, 1.54) is 38.5 Å². The minimum atomic E-state index is -0.938. The van der Waals surface area contributed by atoms with Gasteiger partial charge in [-0.25, -0.2) is 4.79 Å². The highest BCUT2D eigenvalue weighted by Gasteiger charge is 2.15. The molecule has 0 rings (SSSR count). The normalized spacial score (nSPS) is 13.6. The molecule has 0 heterocycles. The maximum absolute atomic E-state index is 11.0. The maximum atomic E-state index is 11.0. The van der Waals surface area contributed by atoms with Crippen molar-refractivity contribution in [2.45, 2.75) is 77.2 Å². The summed E-state index contributed by atoms with van der Waals surface area (Å²) in [5.74, 6) is -0.559. The van der Waals surface area contributed by atoms with E-state index in [0.717, 1.165) is 6.42 Å². The van der Waals surface area contributed by atoms with Gasteiger partial charge < -0.3 is 16.6 Å². The summed E-state index contributed by atoms with van der Waals surface area (Å²) in [4.78, 5) is 15.1. The lowest BCUT2D eigenvalue weighted by atomic mass is 10.1. The van der Waals surface area contributed by atoms with Gasteiger partial charge in [-0.05, 0) is 32.2 Å². The molecule has 0 radical (unpaired) electrons. The largest absolute Gasteiger partial charge is 0.480 e. The third kappa shape index (κ3) is 12.4. The van der Waals surface area contributed by atoms with Gasteiger partial charge in [-0.3, -0.25) is 4.99 Å². The van der Waals surface area contributed by atoms with Crippen molar-refractivity contribution in [3.63, 3.8) is 0 Å². The lowest BCUT2D eigenvalue weighted by molar-refractivity contribution is -0.138. The molecule has 0 bridgehead atoms. The molecule has 0 aliphatic rings. The number of carboxylic acids is 1. The molecule has 5 N–H and O–H groups in total. The van der Waals surface area contributed by atoms with Gasteiger partial charge in [0.1, 0.15) is 6.04 Å². The summed E-state index contributed by atoms with van der Waals surface area (Å²) in [7, 11) is 0. The Balaban J connectivity index is 3.88. The van der Waals surface area contributed by atoms with Crippen LogP contribution in [0.2, 0.25) is 0 Å². The molecular weight excluding hydrogens is 278 g/mol. The van der Waals surface area contributed by atoms with E-state index in [4.69, 9.17) is 16.6 Å². The van der Waals surface area contributed by atoms with Crippen molar-refractivity contribution in [2.24, 2.45) is 16.5 Å². The molecule has 0 spiro atoms. The SMILES string of the molecule is CCCCCCCCC=CCC(N)=N[C@@H](CCCN)C(=O)O. The minimum absolute atomic E-state index is 0.378. The summed E-state index contributed by atoms with van der Waals surface area (Å²) in [5, 5.41) is 9.06. The molecule has 0 fully saturated rings. The molecule has 0 aromatic heterocycles. The van der Waals surface area contributed by atoms with Crippen LogP contribution in [0.1, 0.15) is 71.1 Å². The molecule has 128 valence electrons. The first-order valence-electron chi connectivity index (χ1n) is 8.51. The van der Waals surface area contributed by atoms with Gasteiger partial charge in [0.2, 0.25) is 0 Å². The van der Waals surface area contributed by atoms with E-state index in [9.17, 15) is 4.79 Å². The third-order valence-corrected chi connectivity index (χ3v) is 3.51. The molecule has 0 aromatic rings. The zero-order valence-corrected chi connectivity index (χ0v) is 14.0. The highest BCUT2D eigenvalue weighted by Crippen LogP contribution is 2.07. The number of carboxylic acid groups (broad SMARTS) is 1. The first kappa shape index (κ1) is 20.6. The van der Waals surface area contributed by atoms with Gasteiger partial charge in [0.15, 0.2) is 0 Å². The second kappa shape index (κ2) is 14.6. The van der Waals surface area contributed by atoms with Crippen molar-refractivity contribution in [3.05, 3.63) is 12.2 Å². The van der Waals surface area contributed by atoms with Gasteiger partial charge in [-0.1, -0.05) is 51.2 Å². The number of allylic oxidation sites excluding steroid dienone is 1. The molecule has 0 saturated heterocycles. The van der Waals surface area contributed by atoms with Gasteiger partial charge >= 0.3 is 5.97 Å². The van der Waals surface area contributed by atoms with Gasteiger partial charge in [-0.15, -0.1) is 0 Å². The van der Waals surface area contributed by atoms with Crippen LogP contribution in [0.3, 0.4) is 0 Å². The van der Waals surface area contributed by atoms with E-state index >= 15 is 0 Å². The quantitative estimate of drug-likeness (QED) is 0.198. The fourth-order valence-electron chi connectivity index (χ4n) is 2.17. The second-order valence-corrected chi connectivity index (χ2v) is 5.64. The molecule has 5 nitrogen and oxygen atoms in total. The lowest BCUT2D eigenvalue weighted by Gasteiger charge is -2.07. The molecule has 0 saturated carbocycles. The highest BCUT2D eigenvalue weighted by molar-refractivity contribution is 5.85. The fraction of sp³-hybridized carbons (Fsp3) is 0.765. The molecule has 0 unspecified atom stereocenters. The van der Waals surface area contributed by atoms with Gasteiger partial charge in [0.05, 0.1) is 5.84 Å². The number of aliphatic imine (C=N–C) groups is 1. The molecule has 0 amide bonds. The van der Waals surface area contributed by atoms with E-state index < -0.39 is 12.0 Å². The Labute approximate surface area is 134 Å². The topological polar surface area (TPSA) is 102 Å². The standard InChI is InChI=1S/C17H33N3O2/c1-2-3-4-5-6-7-8-9-10-13-16(19)20-15(17(21)22)12-11-14-18/h9-10,15H,2-8,11-14,18H2,1H3,(H2,19,20)(H,21,22)/t15-/m0/s1. The summed E-state index contributed by atoms with van der Waals surface area (Å²) in [5.41, 5.74) is 11.2. The van der Waals surface area contributed by atoms with Gasteiger partial charge in [0, 0.05) is 6.42 Å². The summed E-state index contributed by atoms with van der Waals surface area (Å²) in [6, 6.07) is -0.768. The predicted molar refractivity (Wildman–Crippen MR) is 93.1 cm³/mol. The van der Waals surface area contributed by atoms with Crippen LogP contribution < -0.4 is 11.5 Å². The molecule has 0 aliphatic carbocycles. The van der Waals surface area contributed by atoms with Crippen molar-refractivity contribution < 1.29 is 9.90 Å². The summed E-state index contributed by atoms with van der Waals surface area (Å²) in [6.45, 7) is 2.69. The van der Waals surface area contributed by atoms with Crippen molar-refractivity contribution in [1.29, 1.82) is 0 Å². The molecule has 0 aliphatic heterocycles. The van der Waals surface area contributed by atoms with Crippen LogP contribution in [0, 0.1) is 0 Å². The molecule has 1 atom stereocenters. The number of nitrogens with two attached hydrogens (primary N) is 2. The number of rotatable bonds is 14. The van der Waals surface area contributed by atoms with E-state index in [0.29, 0.717) is 31.6 Å². The molecular formula is C17H33N3O2. The smallest absolute Gasteiger partial charge is 0.328 e. The zero-order valence-electron chi connectivity index (χ0n) is 14.0. The Bertz CT molecular complexity index is 341. The number of amidine groups is 1. The number of aliphatic carboxylic acids is 1. The Morgan fingerprint density at radius 2 is 1.82 bits per heavy atom. The fourth-order valence-corrected chi connectivity index (χ4v) is 2.17. The lowest BCUT2D eigenvalue weighted by Crippen LogP contribution is -2.23.